The molecule has 5 nitrogen and oxygen atoms in total. The molecule has 0 saturated heterocycles. The lowest BCUT2D eigenvalue weighted by molar-refractivity contribution is -0.146. The van der Waals surface area contributed by atoms with Crippen molar-refractivity contribution in [2.45, 2.75) is 32.2 Å². The van der Waals surface area contributed by atoms with Gasteiger partial charge in [-0.1, -0.05) is 18.2 Å². The van der Waals surface area contributed by atoms with Gasteiger partial charge in [0.25, 0.3) is 5.56 Å². The number of fused-ring (bicyclic) bond motifs is 1. The summed E-state index contributed by atoms with van der Waals surface area (Å²) >= 11 is 0. The molecule has 0 spiro atoms. The van der Waals surface area contributed by atoms with Crippen LogP contribution < -0.4 is 5.56 Å². The van der Waals surface area contributed by atoms with Gasteiger partial charge in [-0.2, -0.15) is 0 Å². The molecule has 1 aromatic heterocycles. The summed E-state index contributed by atoms with van der Waals surface area (Å²) in [5.74, 6) is 0.149. The van der Waals surface area contributed by atoms with Crippen molar-refractivity contribution in [2.24, 2.45) is 11.8 Å². The molecular formula is C18H21NO4. The minimum atomic E-state index is -0.184. The molecule has 1 fully saturated rings. The number of hydrogen-bond acceptors (Lipinski definition) is 4. The summed E-state index contributed by atoms with van der Waals surface area (Å²) in [6, 6.07) is 8.89. The van der Waals surface area contributed by atoms with Crippen LogP contribution in [0.4, 0.5) is 0 Å². The minimum Gasteiger partial charge on any atom is -0.494 e. The normalized spacial score (nSPS) is 21.3. The smallest absolute Gasteiger partial charge is 0.308 e. The number of nitrogens with zero attached hydrogens (tertiary/aromatic N) is 1. The number of esters is 1. The highest BCUT2D eigenvalue weighted by atomic mass is 16.5. The van der Waals surface area contributed by atoms with Crippen LogP contribution in [0.3, 0.4) is 0 Å². The summed E-state index contributed by atoms with van der Waals surface area (Å²) < 4.78 is 6.25. The Balaban J connectivity index is 1.78. The second-order valence-corrected chi connectivity index (χ2v) is 6.24. The first-order valence-corrected chi connectivity index (χ1v) is 7.99. The molecule has 1 N–H and O–H groups in total. The van der Waals surface area contributed by atoms with Crippen LogP contribution in [0.2, 0.25) is 0 Å². The van der Waals surface area contributed by atoms with Gasteiger partial charge in [0.1, 0.15) is 0 Å². The Bertz CT molecular complexity index is 772. The third kappa shape index (κ3) is 3.09. The lowest BCUT2D eigenvalue weighted by atomic mass is 9.82. The Morgan fingerprint density at radius 1 is 1.26 bits per heavy atom. The molecular weight excluding hydrogens is 294 g/mol. The highest BCUT2D eigenvalue weighted by Crippen LogP contribution is 2.32. The van der Waals surface area contributed by atoms with Gasteiger partial charge in [-0.3, -0.25) is 14.2 Å². The maximum Gasteiger partial charge on any atom is 0.308 e. The molecule has 1 heterocycles. The van der Waals surface area contributed by atoms with Gasteiger partial charge in [0.15, 0.2) is 0 Å². The maximum absolute atomic E-state index is 12.3. The number of aromatic hydroxyl groups is 1. The molecule has 0 radical (unpaired) electrons. The van der Waals surface area contributed by atoms with Crippen molar-refractivity contribution in [2.75, 3.05) is 7.11 Å². The van der Waals surface area contributed by atoms with Crippen molar-refractivity contribution in [3.8, 4) is 5.88 Å². The third-order valence-corrected chi connectivity index (χ3v) is 4.82. The van der Waals surface area contributed by atoms with Crippen molar-refractivity contribution in [3.63, 3.8) is 0 Å². The van der Waals surface area contributed by atoms with E-state index in [4.69, 9.17) is 4.74 Å². The van der Waals surface area contributed by atoms with Crippen LogP contribution in [0.5, 0.6) is 5.88 Å². The first-order valence-electron chi connectivity index (χ1n) is 7.99. The van der Waals surface area contributed by atoms with Crippen molar-refractivity contribution in [3.05, 3.63) is 40.7 Å². The Morgan fingerprint density at radius 3 is 2.65 bits per heavy atom. The summed E-state index contributed by atoms with van der Waals surface area (Å²) in [4.78, 5) is 23.8. The Morgan fingerprint density at radius 2 is 1.96 bits per heavy atom. The predicted molar refractivity (Wildman–Crippen MR) is 87.3 cm³/mol. The first kappa shape index (κ1) is 15.6. The maximum atomic E-state index is 12.3. The van der Waals surface area contributed by atoms with Crippen LogP contribution in [0, 0.1) is 11.8 Å². The summed E-state index contributed by atoms with van der Waals surface area (Å²) in [6.07, 6.45) is 3.28. The van der Waals surface area contributed by atoms with Crippen LogP contribution in [0.15, 0.2) is 35.1 Å². The molecule has 1 aliphatic rings. The fourth-order valence-corrected chi connectivity index (χ4v) is 3.47. The van der Waals surface area contributed by atoms with Crippen molar-refractivity contribution in [1.29, 1.82) is 0 Å². The van der Waals surface area contributed by atoms with E-state index < -0.39 is 0 Å². The van der Waals surface area contributed by atoms with Gasteiger partial charge in [-0.05, 0) is 43.1 Å². The van der Waals surface area contributed by atoms with Gasteiger partial charge in [0.2, 0.25) is 5.88 Å². The van der Waals surface area contributed by atoms with E-state index in [9.17, 15) is 14.7 Å². The fourth-order valence-electron chi connectivity index (χ4n) is 3.47. The monoisotopic (exact) mass is 315 g/mol. The number of benzene rings is 1. The number of ether oxygens (including phenoxy) is 1. The SMILES string of the molecule is COC(=O)C1CCC(Cn2c(O)c3ccccc3cc2=O)CC1. The average molecular weight is 315 g/mol. The van der Waals surface area contributed by atoms with Crippen LogP contribution >= 0.6 is 0 Å². The molecule has 0 bridgehead atoms. The van der Waals surface area contributed by atoms with Crippen molar-refractivity contribution in [1.82, 2.24) is 4.57 Å². The number of carbonyl (C=O) groups is 1. The van der Waals surface area contributed by atoms with E-state index in [2.05, 4.69) is 0 Å². The van der Waals surface area contributed by atoms with Gasteiger partial charge in [-0.15, -0.1) is 0 Å². The highest BCUT2D eigenvalue weighted by molar-refractivity contribution is 5.86. The zero-order valence-electron chi connectivity index (χ0n) is 13.2. The molecule has 2 aromatic rings. The molecule has 5 heteroatoms. The quantitative estimate of drug-likeness (QED) is 0.884. The Kier molecular flexibility index (Phi) is 4.37. The molecule has 122 valence electrons. The van der Waals surface area contributed by atoms with Gasteiger partial charge >= 0.3 is 5.97 Å². The molecule has 0 aliphatic heterocycles. The van der Waals surface area contributed by atoms with E-state index in [0.29, 0.717) is 17.8 Å². The summed E-state index contributed by atoms with van der Waals surface area (Å²) in [5, 5.41) is 11.9. The summed E-state index contributed by atoms with van der Waals surface area (Å²) in [5.41, 5.74) is -0.184. The van der Waals surface area contributed by atoms with Gasteiger partial charge < -0.3 is 9.84 Å². The largest absolute Gasteiger partial charge is 0.494 e. The van der Waals surface area contributed by atoms with Crippen molar-refractivity contribution >= 4 is 16.7 Å². The highest BCUT2D eigenvalue weighted by Gasteiger charge is 2.27. The Labute approximate surface area is 134 Å². The molecule has 23 heavy (non-hydrogen) atoms. The summed E-state index contributed by atoms with van der Waals surface area (Å²) in [7, 11) is 1.42. The standard InChI is InChI=1S/C18H21NO4/c1-23-18(22)13-8-6-12(7-9-13)11-19-16(20)10-14-4-2-3-5-15(14)17(19)21/h2-5,10,12-13,21H,6-9,11H2,1H3. The molecule has 1 aliphatic carbocycles. The van der Waals surface area contributed by atoms with E-state index in [1.165, 1.54) is 11.7 Å². The molecule has 0 unspecified atom stereocenters. The first-order chi connectivity index (χ1) is 11.1. The van der Waals surface area contributed by atoms with E-state index in [1.807, 2.05) is 24.3 Å². The lowest BCUT2D eigenvalue weighted by Crippen LogP contribution is -2.28. The lowest BCUT2D eigenvalue weighted by Gasteiger charge is -2.27. The molecule has 0 atom stereocenters. The molecule has 0 amide bonds. The van der Waals surface area contributed by atoms with Gasteiger partial charge in [0, 0.05) is 18.0 Å². The minimum absolute atomic E-state index is 0.0295. The number of carbonyl (C=O) groups excluding carboxylic acids is 1. The average Bonchev–Trinajstić information content (AvgIpc) is 2.58. The van der Waals surface area contributed by atoms with Crippen LogP contribution in [-0.4, -0.2) is 22.8 Å². The second kappa shape index (κ2) is 6.44. The van der Waals surface area contributed by atoms with E-state index in [-0.39, 0.29) is 23.3 Å². The number of rotatable bonds is 3. The van der Waals surface area contributed by atoms with E-state index >= 15 is 0 Å². The second-order valence-electron chi connectivity index (χ2n) is 6.24. The van der Waals surface area contributed by atoms with Crippen LogP contribution in [0.1, 0.15) is 25.7 Å². The zero-order valence-corrected chi connectivity index (χ0v) is 13.2. The third-order valence-electron chi connectivity index (χ3n) is 4.82. The fraction of sp³-hybridized carbons (Fsp3) is 0.444. The molecule has 1 aromatic carbocycles. The Hall–Kier alpha value is -2.30. The number of methoxy groups -OCH3 is 1. The number of aromatic nitrogens is 1. The van der Waals surface area contributed by atoms with E-state index in [1.54, 1.807) is 6.07 Å². The zero-order chi connectivity index (χ0) is 16.4. The van der Waals surface area contributed by atoms with E-state index in [0.717, 1.165) is 31.1 Å². The molecule has 3 rings (SSSR count). The number of hydrogen-bond donors (Lipinski definition) is 1. The summed E-state index contributed by atoms with van der Waals surface area (Å²) in [6.45, 7) is 0.489. The van der Waals surface area contributed by atoms with Crippen LogP contribution in [0.25, 0.3) is 10.8 Å². The van der Waals surface area contributed by atoms with Crippen LogP contribution in [-0.2, 0) is 16.1 Å². The topological polar surface area (TPSA) is 68.5 Å². The van der Waals surface area contributed by atoms with Gasteiger partial charge in [0.05, 0.1) is 13.0 Å². The van der Waals surface area contributed by atoms with Gasteiger partial charge in [-0.25, -0.2) is 0 Å². The predicted octanol–water partition coefficient (Wildman–Crippen LogP) is 2.69. The van der Waals surface area contributed by atoms with Crippen molar-refractivity contribution < 1.29 is 14.6 Å². The molecule has 1 saturated carbocycles. The number of pyridine rings is 1.